The molecule has 1 aromatic heterocycles. The smallest absolute Gasteiger partial charge is 0.331 e. The highest BCUT2D eigenvalue weighted by Crippen LogP contribution is 2.29. The second-order valence-electron chi connectivity index (χ2n) is 4.24. The first-order valence-electron chi connectivity index (χ1n) is 6.76. The molecule has 21 heavy (non-hydrogen) atoms. The maximum atomic E-state index is 11.7. The molecule has 1 aromatic carbocycles. The highest BCUT2D eigenvalue weighted by Gasteiger charge is 2.07. The number of esters is 1. The van der Waals surface area contributed by atoms with Crippen LogP contribution in [0.25, 0.3) is 4.91 Å². The first-order valence-corrected chi connectivity index (χ1v) is 7.74. The van der Waals surface area contributed by atoms with Gasteiger partial charge in [0.1, 0.15) is 0 Å². The van der Waals surface area contributed by atoms with Gasteiger partial charge in [0.2, 0.25) is 0 Å². The normalized spacial score (nSPS) is 11.2. The molecular formula is C17H17NO2S. The van der Waals surface area contributed by atoms with E-state index in [4.69, 9.17) is 4.74 Å². The Balaban J connectivity index is 2.14. The minimum absolute atomic E-state index is 0.315. The van der Waals surface area contributed by atoms with E-state index in [1.807, 2.05) is 48.5 Å². The standard InChI is InChI=1S/C17H17NO2S/c1-2-20-17(19)12-16(14-8-4-3-5-9-14)21-13-15-10-6-7-11-18-15/h3-12H,2,13H2,1H3. The summed E-state index contributed by atoms with van der Waals surface area (Å²) in [4.78, 5) is 16.9. The van der Waals surface area contributed by atoms with Gasteiger partial charge in [0.15, 0.2) is 0 Å². The Labute approximate surface area is 129 Å². The molecule has 3 nitrogen and oxygen atoms in total. The number of thioether (sulfide) groups is 1. The van der Waals surface area contributed by atoms with Crippen LogP contribution in [-0.4, -0.2) is 17.6 Å². The van der Waals surface area contributed by atoms with Crippen LogP contribution >= 0.6 is 11.8 Å². The minimum Gasteiger partial charge on any atom is -0.463 e. The van der Waals surface area contributed by atoms with Crippen LogP contribution < -0.4 is 0 Å². The molecule has 2 aromatic rings. The molecular weight excluding hydrogens is 282 g/mol. The van der Waals surface area contributed by atoms with E-state index in [9.17, 15) is 4.79 Å². The van der Waals surface area contributed by atoms with Gasteiger partial charge in [-0.1, -0.05) is 36.4 Å². The summed E-state index contributed by atoms with van der Waals surface area (Å²) in [6.07, 6.45) is 3.32. The number of carbonyl (C=O) groups excluding carboxylic acids is 1. The number of pyridine rings is 1. The van der Waals surface area contributed by atoms with Crippen molar-refractivity contribution >= 4 is 22.6 Å². The highest BCUT2D eigenvalue weighted by atomic mass is 32.2. The summed E-state index contributed by atoms with van der Waals surface area (Å²) in [7, 11) is 0. The lowest BCUT2D eigenvalue weighted by atomic mass is 10.2. The topological polar surface area (TPSA) is 39.2 Å². The lowest BCUT2D eigenvalue weighted by molar-refractivity contribution is -0.137. The zero-order valence-corrected chi connectivity index (χ0v) is 12.7. The zero-order valence-electron chi connectivity index (χ0n) is 11.9. The van der Waals surface area contributed by atoms with Crippen molar-refractivity contribution in [2.24, 2.45) is 0 Å². The van der Waals surface area contributed by atoms with Crippen LogP contribution in [0.15, 0.2) is 60.8 Å². The fraction of sp³-hybridized carbons (Fsp3) is 0.176. The Hall–Kier alpha value is -2.07. The van der Waals surface area contributed by atoms with Gasteiger partial charge in [-0.2, -0.15) is 0 Å². The number of aromatic nitrogens is 1. The Morgan fingerprint density at radius 3 is 2.62 bits per heavy atom. The Morgan fingerprint density at radius 2 is 1.95 bits per heavy atom. The second kappa shape index (κ2) is 8.27. The predicted molar refractivity (Wildman–Crippen MR) is 86.6 cm³/mol. The zero-order chi connectivity index (χ0) is 14.9. The quantitative estimate of drug-likeness (QED) is 0.598. The highest BCUT2D eigenvalue weighted by molar-refractivity contribution is 8.07. The SMILES string of the molecule is CCOC(=O)C=C(SCc1ccccn1)c1ccccc1. The molecule has 1 heterocycles. The monoisotopic (exact) mass is 299 g/mol. The molecule has 0 radical (unpaired) electrons. The predicted octanol–water partition coefficient (Wildman–Crippen LogP) is 3.92. The molecule has 4 heteroatoms. The van der Waals surface area contributed by atoms with Crippen LogP contribution in [-0.2, 0) is 15.3 Å². The molecule has 0 unspecified atom stereocenters. The fourth-order valence-electron chi connectivity index (χ4n) is 1.74. The Bertz CT molecular complexity index is 597. The van der Waals surface area contributed by atoms with Crippen molar-refractivity contribution in [3.05, 3.63) is 72.1 Å². The number of hydrogen-bond donors (Lipinski definition) is 0. The summed E-state index contributed by atoms with van der Waals surface area (Å²) >= 11 is 1.58. The molecule has 2 rings (SSSR count). The molecule has 0 aliphatic rings. The molecule has 108 valence electrons. The number of carbonyl (C=O) groups is 1. The van der Waals surface area contributed by atoms with Gasteiger partial charge < -0.3 is 4.74 Å². The van der Waals surface area contributed by atoms with Crippen molar-refractivity contribution in [2.75, 3.05) is 6.61 Å². The van der Waals surface area contributed by atoms with Crippen molar-refractivity contribution in [2.45, 2.75) is 12.7 Å². The van der Waals surface area contributed by atoms with Gasteiger partial charge in [-0.25, -0.2) is 4.79 Å². The molecule has 0 bridgehead atoms. The van der Waals surface area contributed by atoms with Gasteiger partial charge in [-0.3, -0.25) is 4.98 Å². The summed E-state index contributed by atoms with van der Waals surface area (Å²) in [6.45, 7) is 2.18. The van der Waals surface area contributed by atoms with Crippen LogP contribution in [0.4, 0.5) is 0 Å². The number of nitrogens with zero attached hydrogens (tertiary/aromatic N) is 1. The largest absolute Gasteiger partial charge is 0.463 e. The molecule has 0 aliphatic heterocycles. The van der Waals surface area contributed by atoms with Crippen molar-refractivity contribution in [3.63, 3.8) is 0 Å². The van der Waals surface area contributed by atoms with Crippen molar-refractivity contribution in [1.82, 2.24) is 4.98 Å². The molecule has 0 atom stereocenters. The Kier molecular flexibility index (Phi) is 6.03. The lowest BCUT2D eigenvalue weighted by Crippen LogP contribution is -2.00. The number of benzene rings is 1. The van der Waals surface area contributed by atoms with E-state index < -0.39 is 0 Å². The van der Waals surface area contributed by atoms with E-state index in [2.05, 4.69) is 4.98 Å². The second-order valence-corrected chi connectivity index (χ2v) is 5.25. The molecule has 0 fully saturated rings. The van der Waals surface area contributed by atoms with Gasteiger partial charge in [0, 0.05) is 22.9 Å². The average Bonchev–Trinajstić information content (AvgIpc) is 2.53. The molecule has 0 N–H and O–H groups in total. The van der Waals surface area contributed by atoms with Crippen LogP contribution in [0, 0.1) is 0 Å². The first-order chi connectivity index (χ1) is 10.3. The first kappa shape index (κ1) is 15.3. The van der Waals surface area contributed by atoms with Gasteiger partial charge in [0.25, 0.3) is 0 Å². The summed E-state index contributed by atoms with van der Waals surface area (Å²) in [5, 5.41) is 0. The summed E-state index contributed by atoms with van der Waals surface area (Å²) in [5.41, 5.74) is 1.99. The lowest BCUT2D eigenvalue weighted by Gasteiger charge is -2.07. The average molecular weight is 299 g/mol. The van der Waals surface area contributed by atoms with Crippen molar-refractivity contribution in [3.8, 4) is 0 Å². The minimum atomic E-state index is -0.315. The van der Waals surface area contributed by atoms with E-state index in [0.717, 1.165) is 16.2 Å². The molecule has 0 saturated heterocycles. The van der Waals surface area contributed by atoms with Crippen LogP contribution in [0.3, 0.4) is 0 Å². The van der Waals surface area contributed by atoms with Gasteiger partial charge in [-0.05, 0) is 24.6 Å². The maximum Gasteiger partial charge on any atom is 0.331 e. The van der Waals surface area contributed by atoms with Gasteiger partial charge >= 0.3 is 5.97 Å². The number of rotatable bonds is 6. The summed E-state index contributed by atoms with van der Waals surface area (Å²) < 4.78 is 5.00. The number of hydrogen-bond acceptors (Lipinski definition) is 4. The molecule has 0 aliphatic carbocycles. The van der Waals surface area contributed by atoms with Crippen LogP contribution in [0.2, 0.25) is 0 Å². The Morgan fingerprint density at radius 1 is 1.19 bits per heavy atom. The molecule has 0 amide bonds. The van der Waals surface area contributed by atoms with Crippen LogP contribution in [0.5, 0.6) is 0 Å². The van der Waals surface area contributed by atoms with Gasteiger partial charge in [-0.15, -0.1) is 11.8 Å². The van der Waals surface area contributed by atoms with Crippen LogP contribution in [0.1, 0.15) is 18.2 Å². The maximum absolute atomic E-state index is 11.7. The van der Waals surface area contributed by atoms with Crippen molar-refractivity contribution < 1.29 is 9.53 Å². The van der Waals surface area contributed by atoms with E-state index in [1.54, 1.807) is 31.0 Å². The van der Waals surface area contributed by atoms with Crippen molar-refractivity contribution in [1.29, 1.82) is 0 Å². The number of ether oxygens (including phenoxy) is 1. The van der Waals surface area contributed by atoms with E-state index in [1.165, 1.54) is 0 Å². The third kappa shape index (κ3) is 5.08. The van der Waals surface area contributed by atoms with E-state index >= 15 is 0 Å². The molecule has 0 saturated carbocycles. The van der Waals surface area contributed by atoms with E-state index in [-0.39, 0.29) is 5.97 Å². The fourth-order valence-corrected chi connectivity index (χ4v) is 2.69. The summed E-state index contributed by atoms with van der Waals surface area (Å²) in [5.74, 6) is 0.394. The third-order valence-electron chi connectivity index (χ3n) is 2.70. The molecule has 0 spiro atoms. The van der Waals surface area contributed by atoms with E-state index in [0.29, 0.717) is 12.4 Å². The van der Waals surface area contributed by atoms with Gasteiger partial charge in [0.05, 0.1) is 12.3 Å². The third-order valence-corrected chi connectivity index (χ3v) is 3.80. The summed E-state index contributed by atoms with van der Waals surface area (Å²) in [6, 6.07) is 15.6.